The summed E-state index contributed by atoms with van der Waals surface area (Å²) in [7, 11) is 2.50. The summed E-state index contributed by atoms with van der Waals surface area (Å²) in [6, 6.07) is -1.53. The molecule has 0 amide bonds. The fourth-order valence-corrected chi connectivity index (χ4v) is 4.24. The topological polar surface area (TPSA) is 59.1 Å². The number of esters is 2. The molecule has 0 spiro atoms. The Kier molecular flexibility index (Phi) is 12.6. The summed E-state index contributed by atoms with van der Waals surface area (Å²) in [4.78, 5) is 22.8. The number of hydrogen-bond donors (Lipinski definition) is 0. The molecule has 6 nitrogen and oxygen atoms in total. The van der Waals surface area contributed by atoms with Crippen LogP contribution in [0.1, 0.15) is 0 Å². The average molecular weight is 420 g/mol. The van der Waals surface area contributed by atoms with Gasteiger partial charge in [0.1, 0.15) is 12.1 Å². The van der Waals surface area contributed by atoms with Gasteiger partial charge in [-0.3, -0.25) is 9.59 Å². The molecule has 2 atom stereocenters. The maximum atomic E-state index is 11.4. The molecule has 0 N–H and O–H groups in total. The average Bonchev–Trinajstić information content (AvgIpc) is 2.44. The number of rotatable bonds is 10. The molecule has 21 heavy (non-hydrogen) atoms. The molecule has 0 aliphatic rings. The van der Waals surface area contributed by atoms with E-state index < -0.39 is 24.0 Å². The summed E-state index contributed by atoms with van der Waals surface area (Å²) in [5.41, 5.74) is 0. The highest BCUT2D eigenvalue weighted by molar-refractivity contribution is 8.16. The first-order valence-corrected chi connectivity index (χ1v) is 9.04. The molecular weight excluding hydrogens is 406 g/mol. The molecule has 0 bridgehead atoms. The third-order valence-electron chi connectivity index (χ3n) is 2.14. The van der Waals surface area contributed by atoms with Gasteiger partial charge in [0.2, 0.25) is 0 Å². The van der Waals surface area contributed by atoms with Gasteiger partial charge in [-0.05, 0) is 47.1 Å². The van der Waals surface area contributed by atoms with Crippen LogP contribution < -0.4 is 0 Å². The third-order valence-corrected chi connectivity index (χ3v) is 5.51. The Balaban J connectivity index is 4.08. The SMILES string of the molecule is COC(=O)[C@H](CSCSC[C@@H](C(=O)OC)N(Cl)Cl)N(Cl)Cl. The molecule has 0 radical (unpaired) electrons. The molecule has 0 aromatic heterocycles. The van der Waals surface area contributed by atoms with Crippen molar-refractivity contribution in [2.75, 3.05) is 30.8 Å². The summed E-state index contributed by atoms with van der Waals surface area (Å²) in [5, 5.41) is 0.574. The molecular formula is C9H14Cl4N2O4S2. The molecule has 12 heteroatoms. The van der Waals surface area contributed by atoms with E-state index in [1.165, 1.54) is 37.7 Å². The van der Waals surface area contributed by atoms with Crippen molar-refractivity contribution < 1.29 is 19.1 Å². The van der Waals surface area contributed by atoms with E-state index in [1.807, 2.05) is 0 Å². The van der Waals surface area contributed by atoms with Crippen LogP contribution in [0.3, 0.4) is 0 Å². The van der Waals surface area contributed by atoms with Crippen LogP contribution in [0.5, 0.6) is 0 Å². The first kappa shape index (κ1) is 21.7. The lowest BCUT2D eigenvalue weighted by atomic mass is 10.4. The Bertz CT molecular complexity index is 309. The lowest BCUT2D eigenvalue weighted by Gasteiger charge is -2.18. The molecule has 0 fully saturated rings. The van der Waals surface area contributed by atoms with Crippen molar-refractivity contribution in [3.05, 3.63) is 0 Å². The lowest BCUT2D eigenvalue weighted by Crippen LogP contribution is -2.33. The minimum Gasteiger partial charge on any atom is -0.468 e. The molecule has 124 valence electrons. The van der Waals surface area contributed by atoms with Gasteiger partial charge in [0.05, 0.1) is 14.2 Å². The highest BCUT2D eigenvalue weighted by atomic mass is 35.5. The third kappa shape index (κ3) is 8.80. The van der Waals surface area contributed by atoms with E-state index in [0.717, 1.165) is 7.88 Å². The lowest BCUT2D eigenvalue weighted by molar-refractivity contribution is -0.144. The van der Waals surface area contributed by atoms with Crippen molar-refractivity contribution in [2.45, 2.75) is 12.1 Å². The monoisotopic (exact) mass is 418 g/mol. The molecule has 0 aromatic rings. The van der Waals surface area contributed by atoms with Gasteiger partial charge in [-0.2, -0.15) is 0 Å². The zero-order valence-electron chi connectivity index (χ0n) is 11.1. The molecule has 0 heterocycles. The minimum absolute atomic E-state index is 0.334. The van der Waals surface area contributed by atoms with E-state index in [4.69, 9.17) is 47.1 Å². The van der Waals surface area contributed by atoms with Crippen LogP contribution in [0.25, 0.3) is 0 Å². The number of hydrogen-bond acceptors (Lipinski definition) is 8. The van der Waals surface area contributed by atoms with E-state index in [9.17, 15) is 9.59 Å². The zero-order valence-corrected chi connectivity index (χ0v) is 15.8. The van der Waals surface area contributed by atoms with E-state index in [0.29, 0.717) is 16.6 Å². The van der Waals surface area contributed by atoms with Crippen LogP contribution in [-0.2, 0) is 19.1 Å². The highest BCUT2D eigenvalue weighted by Gasteiger charge is 2.26. The van der Waals surface area contributed by atoms with Gasteiger partial charge in [-0.15, -0.1) is 31.4 Å². The van der Waals surface area contributed by atoms with Crippen molar-refractivity contribution in [1.29, 1.82) is 0 Å². The van der Waals surface area contributed by atoms with Gasteiger partial charge >= 0.3 is 11.9 Å². The first-order valence-electron chi connectivity index (χ1n) is 5.37. The second-order valence-electron chi connectivity index (χ2n) is 3.46. The molecule has 0 aromatic carbocycles. The van der Waals surface area contributed by atoms with Crippen molar-refractivity contribution >= 4 is 82.6 Å². The van der Waals surface area contributed by atoms with Crippen molar-refractivity contribution in [2.24, 2.45) is 0 Å². The Morgan fingerprint density at radius 3 is 1.48 bits per heavy atom. The van der Waals surface area contributed by atoms with Crippen LogP contribution >= 0.6 is 70.6 Å². The number of thioether (sulfide) groups is 2. The van der Waals surface area contributed by atoms with Gasteiger partial charge in [0.25, 0.3) is 0 Å². The largest absolute Gasteiger partial charge is 0.468 e. The van der Waals surface area contributed by atoms with Crippen LogP contribution in [-0.4, -0.2) is 62.7 Å². The molecule has 0 unspecified atom stereocenters. The van der Waals surface area contributed by atoms with Crippen molar-refractivity contribution in [3.63, 3.8) is 0 Å². The molecule has 0 aliphatic heterocycles. The van der Waals surface area contributed by atoms with Crippen LogP contribution in [0.15, 0.2) is 0 Å². The number of carbonyl (C=O) groups is 2. The number of methoxy groups -OCH3 is 2. The maximum absolute atomic E-state index is 11.4. The number of nitrogens with zero attached hydrogens (tertiary/aromatic N) is 2. The highest BCUT2D eigenvalue weighted by Crippen LogP contribution is 2.21. The van der Waals surface area contributed by atoms with E-state index >= 15 is 0 Å². The van der Waals surface area contributed by atoms with E-state index in [2.05, 4.69) is 9.47 Å². The Labute approximate surface area is 152 Å². The van der Waals surface area contributed by atoms with Crippen LogP contribution in [0.2, 0.25) is 0 Å². The first-order chi connectivity index (χ1) is 9.84. The Morgan fingerprint density at radius 1 is 0.905 bits per heavy atom. The minimum atomic E-state index is -0.766. The summed E-state index contributed by atoms with van der Waals surface area (Å²) < 4.78 is 10.6. The summed E-state index contributed by atoms with van der Waals surface area (Å²) in [5.74, 6) is -0.391. The number of ether oxygens (including phenoxy) is 2. The predicted octanol–water partition coefficient (Wildman–Crippen LogP) is 2.71. The normalized spacial score (nSPS) is 14.1. The summed E-state index contributed by atoms with van der Waals surface area (Å²) in [6.45, 7) is 0. The van der Waals surface area contributed by atoms with Gasteiger partial charge < -0.3 is 9.47 Å². The smallest absolute Gasteiger partial charge is 0.326 e. The standard InChI is InChI=1S/C9H14Cl4N2O4S2/c1-18-8(16)6(14(10)11)3-20-5-21-4-7(15(12)13)9(17)19-2/h6-7H,3-5H2,1-2H3/t6-,7-/m0/s1. The predicted molar refractivity (Wildman–Crippen MR) is 88.5 cm³/mol. The van der Waals surface area contributed by atoms with E-state index in [-0.39, 0.29) is 0 Å². The second-order valence-corrected chi connectivity index (χ2v) is 7.68. The van der Waals surface area contributed by atoms with Gasteiger partial charge in [0.15, 0.2) is 0 Å². The fourth-order valence-electron chi connectivity index (χ4n) is 1.06. The number of halogens is 4. The van der Waals surface area contributed by atoms with Gasteiger partial charge in [-0.1, -0.05) is 0 Å². The molecule has 0 aliphatic carbocycles. The van der Waals surface area contributed by atoms with E-state index in [1.54, 1.807) is 0 Å². The fraction of sp³-hybridized carbons (Fsp3) is 0.778. The second kappa shape index (κ2) is 12.2. The quantitative estimate of drug-likeness (QED) is 0.232. The Hall–Kier alpha value is 0.720. The Morgan fingerprint density at radius 2 is 1.24 bits per heavy atom. The maximum Gasteiger partial charge on any atom is 0.326 e. The van der Waals surface area contributed by atoms with Crippen molar-refractivity contribution in [3.8, 4) is 0 Å². The van der Waals surface area contributed by atoms with Crippen LogP contribution in [0, 0.1) is 0 Å². The van der Waals surface area contributed by atoms with Crippen LogP contribution in [0.4, 0.5) is 0 Å². The molecule has 0 rings (SSSR count). The zero-order chi connectivity index (χ0) is 16.4. The molecule has 0 saturated carbocycles. The summed E-state index contributed by atoms with van der Waals surface area (Å²) >= 11 is 25.0. The van der Waals surface area contributed by atoms with Crippen molar-refractivity contribution in [1.82, 2.24) is 7.88 Å². The van der Waals surface area contributed by atoms with Gasteiger partial charge in [0, 0.05) is 16.6 Å². The molecule has 0 saturated heterocycles. The van der Waals surface area contributed by atoms with Gasteiger partial charge in [-0.25, -0.2) is 0 Å². The number of carbonyl (C=O) groups excluding carboxylic acids is 2. The summed E-state index contributed by atoms with van der Waals surface area (Å²) in [6.07, 6.45) is 0.